The third kappa shape index (κ3) is 3.99. The highest BCUT2D eigenvalue weighted by molar-refractivity contribution is 5.75. The number of hydrogen-bond acceptors (Lipinski definition) is 5. The fourth-order valence-corrected chi connectivity index (χ4v) is 3.08. The summed E-state index contributed by atoms with van der Waals surface area (Å²) in [7, 11) is 1.65. The molecule has 1 N–H and O–H groups in total. The Labute approximate surface area is 147 Å². The SMILES string of the molecule is COCCCNC(=O)N1CCC[C@H]1c1nc(-c2ccccc2C)no1. The first kappa shape index (κ1) is 17.4. The van der Waals surface area contributed by atoms with Gasteiger partial charge in [-0.25, -0.2) is 4.79 Å². The predicted octanol–water partition coefficient (Wildman–Crippen LogP) is 2.93. The van der Waals surface area contributed by atoms with Crippen LogP contribution in [0, 0.1) is 6.92 Å². The molecule has 1 aromatic heterocycles. The first-order valence-corrected chi connectivity index (χ1v) is 8.63. The minimum atomic E-state index is -0.160. The second-order valence-electron chi connectivity index (χ2n) is 6.20. The van der Waals surface area contributed by atoms with Crippen molar-refractivity contribution in [3.05, 3.63) is 35.7 Å². The molecule has 3 rings (SSSR count). The van der Waals surface area contributed by atoms with Gasteiger partial charge < -0.3 is 19.5 Å². The van der Waals surface area contributed by atoms with E-state index >= 15 is 0 Å². The second-order valence-corrected chi connectivity index (χ2v) is 6.20. The quantitative estimate of drug-likeness (QED) is 0.815. The monoisotopic (exact) mass is 344 g/mol. The Morgan fingerprint density at radius 1 is 1.44 bits per heavy atom. The van der Waals surface area contributed by atoms with Crippen LogP contribution in [0.3, 0.4) is 0 Å². The standard InChI is InChI=1S/C18H24N4O3/c1-13-7-3-4-8-14(13)16-20-17(25-21-16)15-9-5-11-22(15)18(23)19-10-6-12-24-2/h3-4,7-8,15H,5-6,9-12H2,1-2H3,(H,19,23)/t15-/m0/s1. The average molecular weight is 344 g/mol. The van der Waals surface area contributed by atoms with E-state index in [0.29, 0.717) is 31.4 Å². The van der Waals surface area contributed by atoms with Crippen molar-refractivity contribution >= 4 is 6.03 Å². The van der Waals surface area contributed by atoms with Crippen LogP contribution in [0.1, 0.15) is 36.8 Å². The Morgan fingerprint density at radius 2 is 2.28 bits per heavy atom. The zero-order valence-corrected chi connectivity index (χ0v) is 14.7. The Bertz CT molecular complexity index is 716. The number of hydrogen-bond donors (Lipinski definition) is 1. The molecule has 1 aliphatic rings. The van der Waals surface area contributed by atoms with Crippen molar-refractivity contribution in [2.24, 2.45) is 0 Å². The second kappa shape index (κ2) is 8.11. The molecule has 0 aliphatic carbocycles. The molecule has 0 saturated carbocycles. The van der Waals surface area contributed by atoms with Gasteiger partial charge in [-0.3, -0.25) is 0 Å². The van der Waals surface area contributed by atoms with Gasteiger partial charge in [0.05, 0.1) is 0 Å². The summed E-state index contributed by atoms with van der Waals surface area (Å²) in [6.07, 6.45) is 2.55. The topological polar surface area (TPSA) is 80.5 Å². The first-order chi connectivity index (χ1) is 12.2. The summed E-state index contributed by atoms with van der Waals surface area (Å²) in [6.45, 7) is 3.94. The molecule has 0 radical (unpaired) electrons. The predicted molar refractivity (Wildman–Crippen MR) is 93.0 cm³/mol. The van der Waals surface area contributed by atoms with Crippen LogP contribution in [0.4, 0.5) is 4.79 Å². The van der Waals surface area contributed by atoms with Gasteiger partial charge in [0.15, 0.2) is 0 Å². The van der Waals surface area contributed by atoms with E-state index in [1.54, 1.807) is 12.0 Å². The maximum Gasteiger partial charge on any atom is 0.318 e. The molecule has 7 heteroatoms. The van der Waals surface area contributed by atoms with Gasteiger partial charge >= 0.3 is 6.03 Å². The molecular formula is C18H24N4O3. The molecule has 1 aromatic carbocycles. The lowest BCUT2D eigenvalue weighted by atomic mass is 10.1. The van der Waals surface area contributed by atoms with E-state index in [0.717, 1.165) is 30.4 Å². The van der Waals surface area contributed by atoms with E-state index in [4.69, 9.17) is 9.26 Å². The lowest BCUT2D eigenvalue weighted by Crippen LogP contribution is -2.40. The lowest BCUT2D eigenvalue weighted by Gasteiger charge is -2.22. The summed E-state index contributed by atoms with van der Waals surface area (Å²) in [5, 5.41) is 7.04. The minimum absolute atomic E-state index is 0.0887. The summed E-state index contributed by atoms with van der Waals surface area (Å²) in [6, 6.07) is 7.67. The Balaban J connectivity index is 1.69. The highest BCUT2D eigenvalue weighted by Crippen LogP contribution is 2.32. The van der Waals surface area contributed by atoms with Gasteiger partial charge in [-0.05, 0) is 31.7 Å². The number of rotatable bonds is 6. The number of nitrogens with zero attached hydrogens (tertiary/aromatic N) is 3. The fraction of sp³-hybridized carbons (Fsp3) is 0.500. The van der Waals surface area contributed by atoms with Crippen molar-refractivity contribution in [1.29, 1.82) is 0 Å². The van der Waals surface area contributed by atoms with E-state index < -0.39 is 0 Å². The molecule has 25 heavy (non-hydrogen) atoms. The molecule has 7 nitrogen and oxygen atoms in total. The Kier molecular flexibility index (Phi) is 5.65. The molecule has 2 amide bonds. The number of likely N-dealkylation sites (tertiary alicyclic amines) is 1. The van der Waals surface area contributed by atoms with E-state index in [2.05, 4.69) is 15.5 Å². The van der Waals surface area contributed by atoms with E-state index in [1.807, 2.05) is 31.2 Å². The van der Waals surface area contributed by atoms with Crippen LogP contribution in [0.25, 0.3) is 11.4 Å². The average Bonchev–Trinajstić information content (AvgIpc) is 3.27. The van der Waals surface area contributed by atoms with Crippen LogP contribution in [0.15, 0.2) is 28.8 Å². The van der Waals surface area contributed by atoms with Crippen molar-refractivity contribution in [2.75, 3.05) is 26.8 Å². The van der Waals surface area contributed by atoms with Crippen molar-refractivity contribution in [3.63, 3.8) is 0 Å². The minimum Gasteiger partial charge on any atom is -0.385 e. The molecule has 1 fully saturated rings. The maximum atomic E-state index is 12.4. The molecule has 0 bridgehead atoms. The number of nitrogens with one attached hydrogen (secondary N) is 1. The van der Waals surface area contributed by atoms with Crippen LogP contribution >= 0.6 is 0 Å². The van der Waals surface area contributed by atoms with Crippen molar-refractivity contribution < 1.29 is 14.1 Å². The molecule has 1 saturated heterocycles. The number of ether oxygens (including phenoxy) is 1. The van der Waals surface area contributed by atoms with Crippen molar-refractivity contribution in [3.8, 4) is 11.4 Å². The summed E-state index contributed by atoms with van der Waals surface area (Å²) >= 11 is 0. The molecular weight excluding hydrogens is 320 g/mol. The van der Waals surface area contributed by atoms with Gasteiger partial charge in [0, 0.05) is 32.4 Å². The third-order valence-corrected chi connectivity index (χ3v) is 4.43. The highest BCUT2D eigenvalue weighted by atomic mass is 16.5. The zero-order chi connectivity index (χ0) is 17.6. The molecule has 0 spiro atoms. The first-order valence-electron chi connectivity index (χ1n) is 8.63. The van der Waals surface area contributed by atoms with Gasteiger partial charge in [-0.2, -0.15) is 4.98 Å². The summed E-state index contributed by atoms with van der Waals surface area (Å²) in [4.78, 5) is 18.7. The summed E-state index contributed by atoms with van der Waals surface area (Å²) in [5.74, 6) is 1.07. The molecule has 1 atom stereocenters. The van der Waals surface area contributed by atoms with Crippen molar-refractivity contribution in [2.45, 2.75) is 32.2 Å². The molecule has 134 valence electrons. The zero-order valence-electron chi connectivity index (χ0n) is 14.7. The van der Waals surface area contributed by atoms with Gasteiger partial charge in [-0.1, -0.05) is 29.4 Å². The summed E-state index contributed by atoms with van der Waals surface area (Å²) < 4.78 is 10.5. The fourth-order valence-electron chi connectivity index (χ4n) is 3.08. The van der Waals surface area contributed by atoms with Crippen LogP contribution < -0.4 is 5.32 Å². The molecule has 2 aromatic rings. The molecule has 1 aliphatic heterocycles. The Morgan fingerprint density at radius 3 is 3.08 bits per heavy atom. The third-order valence-electron chi connectivity index (χ3n) is 4.43. The Hall–Kier alpha value is -2.41. The number of aryl methyl sites for hydroxylation is 1. The number of urea groups is 1. The number of methoxy groups -OCH3 is 1. The molecule has 2 heterocycles. The summed E-state index contributed by atoms with van der Waals surface area (Å²) in [5.41, 5.74) is 2.04. The number of benzene rings is 1. The van der Waals surface area contributed by atoms with Gasteiger partial charge in [0.1, 0.15) is 6.04 Å². The molecule has 0 unspecified atom stereocenters. The van der Waals surface area contributed by atoms with Crippen LogP contribution in [-0.2, 0) is 4.74 Å². The van der Waals surface area contributed by atoms with Crippen LogP contribution in [-0.4, -0.2) is 47.9 Å². The van der Waals surface area contributed by atoms with Crippen molar-refractivity contribution in [1.82, 2.24) is 20.4 Å². The number of amides is 2. The van der Waals surface area contributed by atoms with E-state index in [9.17, 15) is 4.79 Å². The van der Waals surface area contributed by atoms with Gasteiger partial charge in [-0.15, -0.1) is 0 Å². The van der Waals surface area contributed by atoms with Gasteiger partial charge in [0.25, 0.3) is 0 Å². The van der Waals surface area contributed by atoms with E-state index in [1.165, 1.54) is 0 Å². The number of carbonyl (C=O) groups excluding carboxylic acids is 1. The van der Waals surface area contributed by atoms with E-state index in [-0.39, 0.29) is 12.1 Å². The smallest absolute Gasteiger partial charge is 0.318 e. The van der Waals surface area contributed by atoms with Crippen LogP contribution in [0.5, 0.6) is 0 Å². The number of carbonyl (C=O) groups is 1. The van der Waals surface area contributed by atoms with Gasteiger partial charge in [0.2, 0.25) is 11.7 Å². The lowest BCUT2D eigenvalue weighted by molar-refractivity contribution is 0.174. The maximum absolute atomic E-state index is 12.4. The van der Waals surface area contributed by atoms with Crippen LogP contribution in [0.2, 0.25) is 0 Å². The largest absolute Gasteiger partial charge is 0.385 e. The highest BCUT2D eigenvalue weighted by Gasteiger charge is 2.34. The normalized spacial score (nSPS) is 17.0. The number of aromatic nitrogens is 2.